The highest BCUT2D eigenvalue weighted by Gasteiger charge is 2.22. The summed E-state index contributed by atoms with van der Waals surface area (Å²) in [6.07, 6.45) is 1.56. The Bertz CT molecular complexity index is 922. The van der Waals surface area contributed by atoms with Gasteiger partial charge in [0.2, 0.25) is 5.91 Å². The smallest absolute Gasteiger partial charge is 0.232 e. The van der Waals surface area contributed by atoms with Crippen molar-refractivity contribution in [2.45, 2.75) is 5.92 Å². The van der Waals surface area contributed by atoms with Crippen LogP contribution in [0.1, 0.15) is 17.0 Å². The third-order valence-electron chi connectivity index (χ3n) is 5.25. The molecule has 0 unspecified atom stereocenters. The summed E-state index contributed by atoms with van der Waals surface area (Å²) in [5.74, 6) is 1.27. The van der Waals surface area contributed by atoms with Crippen LogP contribution in [0.2, 0.25) is 0 Å². The first kappa shape index (κ1) is 20.8. The lowest BCUT2D eigenvalue weighted by Crippen LogP contribution is -2.36. The van der Waals surface area contributed by atoms with Crippen LogP contribution < -0.4 is 15.5 Å². The first-order valence-electron chi connectivity index (χ1n) is 10.6. The molecule has 0 aliphatic carbocycles. The number of carbonyl (C=O) groups is 1. The molecule has 7 heteroatoms. The molecule has 1 aliphatic heterocycles. The molecule has 1 amide bonds. The van der Waals surface area contributed by atoms with Crippen molar-refractivity contribution in [3.8, 4) is 0 Å². The van der Waals surface area contributed by atoms with Gasteiger partial charge in [0.1, 0.15) is 18.0 Å². The highest BCUT2D eigenvalue weighted by atomic mass is 16.5. The Morgan fingerprint density at radius 1 is 0.935 bits per heavy atom. The average Bonchev–Trinajstić information content (AvgIpc) is 2.84. The standard InChI is InChI=1S/C24H27N5O2/c30-24(23(19-7-3-1-4-8-19)20-9-5-2-6-10-20)26-12-11-25-21-17-22(28-18-27-21)29-13-15-31-16-14-29/h1-10,17-18,23H,11-16H2,(H,26,30)(H,25,27,28). The number of benzene rings is 2. The Labute approximate surface area is 182 Å². The molecular formula is C24H27N5O2. The highest BCUT2D eigenvalue weighted by molar-refractivity contribution is 5.87. The Kier molecular flexibility index (Phi) is 7.08. The lowest BCUT2D eigenvalue weighted by molar-refractivity contribution is -0.121. The molecule has 1 saturated heterocycles. The molecule has 4 rings (SSSR count). The fraction of sp³-hybridized carbons (Fsp3) is 0.292. The Balaban J connectivity index is 1.34. The maximum Gasteiger partial charge on any atom is 0.232 e. The monoisotopic (exact) mass is 417 g/mol. The molecular weight excluding hydrogens is 390 g/mol. The normalized spacial score (nSPS) is 13.8. The number of hydrogen-bond donors (Lipinski definition) is 2. The number of nitrogens with one attached hydrogen (secondary N) is 2. The number of amides is 1. The van der Waals surface area contributed by atoms with E-state index in [0.717, 1.165) is 35.9 Å². The maximum absolute atomic E-state index is 13.0. The summed E-state index contributed by atoms with van der Waals surface area (Å²) in [7, 11) is 0. The largest absolute Gasteiger partial charge is 0.378 e. The van der Waals surface area contributed by atoms with E-state index in [-0.39, 0.29) is 11.8 Å². The van der Waals surface area contributed by atoms with Crippen molar-refractivity contribution in [3.05, 3.63) is 84.2 Å². The second kappa shape index (κ2) is 10.5. The lowest BCUT2D eigenvalue weighted by Gasteiger charge is -2.27. The number of morpholine rings is 1. The van der Waals surface area contributed by atoms with Crippen molar-refractivity contribution in [1.82, 2.24) is 15.3 Å². The zero-order valence-corrected chi connectivity index (χ0v) is 17.4. The number of hydrogen-bond acceptors (Lipinski definition) is 6. The van der Waals surface area contributed by atoms with E-state index in [2.05, 4.69) is 25.5 Å². The zero-order chi connectivity index (χ0) is 21.3. The minimum absolute atomic E-state index is 0.0177. The molecule has 0 bridgehead atoms. The predicted molar refractivity (Wildman–Crippen MR) is 121 cm³/mol. The molecule has 2 heterocycles. The number of ether oxygens (including phenoxy) is 1. The van der Waals surface area contributed by atoms with Gasteiger partial charge >= 0.3 is 0 Å². The van der Waals surface area contributed by atoms with Crippen LogP contribution >= 0.6 is 0 Å². The van der Waals surface area contributed by atoms with Crippen LogP contribution in [0.4, 0.5) is 11.6 Å². The van der Waals surface area contributed by atoms with E-state index in [0.29, 0.717) is 26.3 Å². The Morgan fingerprint density at radius 3 is 2.23 bits per heavy atom. The van der Waals surface area contributed by atoms with Gasteiger partial charge in [-0.05, 0) is 11.1 Å². The first-order valence-corrected chi connectivity index (χ1v) is 10.6. The first-order chi connectivity index (χ1) is 15.3. The minimum Gasteiger partial charge on any atom is -0.378 e. The van der Waals surface area contributed by atoms with Crippen LogP contribution in [0.5, 0.6) is 0 Å². The summed E-state index contributed by atoms with van der Waals surface area (Å²) in [5.41, 5.74) is 1.95. The van der Waals surface area contributed by atoms with Crippen molar-refractivity contribution < 1.29 is 9.53 Å². The Hall–Kier alpha value is -3.45. The third kappa shape index (κ3) is 5.58. The molecule has 2 N–H and O–H groups in total. The molecule has 31 heavy (non-hydrogen) atoms. The van der Waals surface area contributed by atoms with E-state index < -0.39 is 0 Å². The summed E-state index contributed by atoms with van der Waals surface area (Å²) in [5, 5.41) is 6.33. The number of nitrogens with zero attached hydrogens (tertiary/aromatic N) is 3. The number of rotatable bonds is 8. The molecule has 2 aromatic carbocycles. The summed E-state index contributed by atoms with van der Waals surface area (Å²) < 4.78 is 5.40. The van der Waals surface area contributed by atoms with Crippen molar-refractivity contribution in [2.24, 2.45) is 0 Å². The van der Waals surface area contributed by atoms with Crippen LogP contribution in [-0.4, -0.2) is 55.3 Å². The molecule has 160 valence electrons. The van der Waals surface area contributed by atoms with Gasteiger partial charge in [-0.1, -0.05) is 60.7 Å². The molecule has 1 fully saturated rings. The lowest BCUT2D eigenvalue weighted by atomic mass is 9.90. The van der Waals surface area contributed by atoms with Gasteiger partial charge in [-0.3, -0.25) is 4.79 Å². The molecule has 3 aromatic rings. The SMILES string of the molecule is O=C(NCCNc1cc(N2CCOCC2)ncn1)C(c1ccccc1)c1ccccc1. The van der Waals surface area contributed by atoms with Crippen molar-refractivity contribution in [3.63, 3.8) is 0 Å². The van der Waals surface area contributed by atoms with Crippen molar-refractivity contribution in [1.29, 1.82) is 0 Å². The van der Waals surface area contributed by atoms with Gasteiger partial charge in [0, 0.05) is 32.2 Å². The molecule has 0 atom stereocenters. The number of carbonyl (C=O) groups excluding carboxylic acids is 1. The van der Waals surface area contributed by atoms with Crippen LogP contribution in [0.15, 0.2) is 73.1 Å². The summed E-state index contributed by atoms with van der Waals surface area (Å²) in [6.45, 7) is 4.14. The van der Waals surface area contributed by atoms with E-state index in [9.17, 15) is 4.79 Å². The van der Waals surface area contributed by atoms with Gasteiger partial charge in [-0.15, -0.1) is 0 Å². The van der Waals surface area contributed by atoms with E-state index in [1.54, 1.807) is 6.33 Å². The van der Waals surface area contributed by atoms with Gasteiger partial charge in [0.15, 0.2) is 0 Å². The van der Waals surface area contributed by atoms with E-state index in [1.165, 1.54) is 0 Å². The molecule has 0 spiro atoms. The van der Waals surface area contributed by atoms with E-state index in [4.69, 9.17) is 4.74 Å². The second-order valence-electron chi connectivity index (χ2n) is 7.33. The maximum atomic E-state index is 13.0. The van der Waals surface area contributed by atoms with Crippen LogP contribution in [0, 0.1) is 0 Å². The van der Waals surface area contributed by atoms with Crippen molar-refractivity contribution in [2.75, 3.05) is 49.6 Å². The van der Waals surface area contributed by atoms with Gasteiger partial charge < -0.3 is 20.3 Å². The molecule has 1 aromatic heterocycles. The number of aromatic nitrogens is 2. The third-order valence-corrected chi connectivity index (χ3v) is 5.25. The van der Waals surface area contributed by atoms with Gasteiger partial charge in [-0.2, -0.15) is 0 Å². The average molecular weight is 418 g/mol. The van der Waals surface area contributed by atoms with Gasteiger partial charge in [0.25, 0.3) is 0 Å². The van der Waals surface area contributed by atoms with Crippen LogP contribution in [0.25, 0.3) is 0 Å². The van der Waals surface area contributed by atoms with Crippen molar-refractivity contribution >= 4 is 17.5 Å². The fourth-order valence-electron chi connectivity index (χ4n) is 3.67. The molecule has 7 nitrogen and oxygen atoms in total. The zero-order valence-electron chi connectivity index (χ0n) is 17.4. The van der Waals surface area contributed by atoms with Gasteiger partial charge in [-0.25, -0.2) is 9.97 Å². The van der Waals surface area contributed by atoms with Crippen LogP contribution in [-0.2, 0) is 9.53 Å². The highest BCUT2D eigenvalue weighted by Crippen LogP contribution is 2.24. The number of anilines is 2. The molecule has 0 radical (unpaired) electrons. The topological polar surface area (TPSA) is 79.4 Å². The van der Waals surface area contributed by atoms with E-state index in [1.807, 2.05) is 66.7 Å². The van der Waals surface area contributed by atoms with E-state index >= 15 is 0 Å². The Morgan fingerprint density at radius 2 is 1.58 bits per heavy atom. The second-order valence-corrected chi connectivity index (χ2v) is 7.33. The minimum atomic E-state index is -0.339. The predicted octanol–water partition coefficient (Wildman–Crippen LogP) is 2.67. The molecule has 1 aliphatic rings. The fourth-order valence-corrected chi connectivity index (χ4v) is 3.67. The summed E-state index contributed by atoms with van der Waals surface area (Å²) >= 11 is 0. The quantitative estimate of drug-likeness (QED) is 0.549. The van der Waals surface area contributed by atoms with Gasteiger partial charge in [0.05, 0.1) is 19.1 Å². The summed E-state index contributed by atoms with van der Waals surface area (Å²) in [6, 6.07) is 21.6. The van der Waals surface area contributed by atoms with Crippen LogP contribution in [0.3, 0.4) is 0 Å². The summed E-state index contributed by atoms with van der Waals surface area (Å²) in [4.78, 5) is 23.9. The molecule has 0 saturated carbocycles.